The molecule has 0 heterocycles. The molecule has 0 unspecified atom stereocenters. The van der Waals surface area contributed by atoms with Crippen molar-refractivity contribution in [3.63, 3.8) is 0 Å². The number of rotatable bonds is 9. The molecule has 0 bridgehead atoms. The molecule has 140 valence electrons. The first-order valence-electron chi connectivity index (χ1n) is 8.62. The van der Waals surface area contributed by atoms with Crippen molar-refractivity contribution in [1.82, 2.24) is 0 Å². The Labute approximate surface area is 161 Å². The van der Waals surface area contributed by atoms with Gasteiger partial charge in [0.25, 0.3) is 0 Å². The van der Waals surface area contributed by atoms with Gasteiger partial charge >= 0.3 is 0 Å². The van der Waals surface area contributed by atoms with Crippen molar-refractivity contribution in [2.75, 3.05) is 27.8 Å². The molecule has 3 aromatic rings. The molecule has 0 aliphatic rings. The lowest BCUT2D eigenvalue weighted by molar-refractivity contribution is 0.0519. The van der Waals surface area contributed by atoms with Crippen molar-refractivity contribution >= 4 is 23.8 Å². The molecular formula is C22H23O4P. The minimum Gasteiger partial charge on any atom is -0.467 e. The van der Waals surface area contributed by atoms with Crippen molar-refractivity contribution in [3.05, 3.63) is 78.9 Å². The monoisotopic (exact) mass is 382 g/mol. The highest BCUT2D eigenvalue weighted by Gasteiger charge is 2.23. The van der Waals surface area contributed by atoms with Gasteiger partial charge in [-0.15, -0.1) is 0 Å². The smallest absolute Gasteiger partial charge is 0.188 e. The van der Waals surface area contributed by atoms with Gasteiger partial charge in [-0.3, -0.25) is 0 Å². The van der Waals surface area contributed by atoms with Crippen LogP contribution >= 0.6 is 7.92 Å². The van der Waals surface area contributed by atoms with Crippen LogP contribution in [0, 0.1) is 0 Å². The van der Waals surface area contributed by atoms with Crippen LogP contribution in [0.5, 0.6) is 11.5 Å². The summed E-state index contributed by atoms with van der Waals surface area (Å²) < 4.78 is 21.9. The molecular weight excluding hydrogens is 359 g/mol. The lowest BCUT2D eigenvalue weighted by Crippen LogP contribution is -2.24. The third-order valence-electron chi connectivity index (χ3n) is 3.89. The summed E-state index contributed by atoms with van der Waals surface area (Å²) in [5, 5.41) is 3.45. The fourth-order valence-electron chi connectivity index (χ4n) is 2.76. The fourth-order valence-corrected chi connectivity index (χ4v) is 5.23. The number of para-hydroxylation sites is 2. The van der Waals surface area contributed by atoms with Gasteiger partial charge in [0.2, 0.25) is 0 Å². The quantitative estimate of drug-likeness (QED) is 0.420. The number of ether oxygens (including phenoxy) is 4. The highest BCUT2D eigenvalue weighted by Crippen LogP contribution is 2.39. The second-order valence-electron chi connectivity index (χ2n) is 5.71. The van der Waals surface area contributed by atoms with Gasteiger partial charge in [0.1, 0.15) is 11.5 Å². The Morgan fingerprint density at radius 3 is 1.52 bits per heavy atom. The lowest BCUT2D eigenvalue weighted by atomic mass is 10.3. The normalized spacial score (nSPS) is 10.8. The van der Waals surface area contributed by atoms with E-state index in [9.17, 15) is 0 Å². The Morgan fingerprint density at radius 2 is 1.04 bits per heavy atom. The predicted octanol–water partition coefficient (Wildman–Crippen LogP) is 3.41. The zero-order chi connectivity index (χ0) is 18.9. The van der Waals surface area contributed by atoms with Gasteiger partial charge in [0.05, 0.1) is 0 Å². The lowest BCUT2D eigenvalue weighted by Gasteiger charge is -2.24. The third kappa shape index (κ3) is 4.86. The summed E-state index contributed by atoms with van der Waals surface area (Å²) in [6.45, 7) is 0.410. The van der Waals surface area contributed by atoms with Crippen molar-refractivity contribution in [3.8, 4) is 11.5 Å². The number of methoxy groups -OCH3 is 2. The minimum atomic E-state index is -0.882. The molecule has 0 aliphatic carbocycles. The SMILES string of the molecule is COCOc1ccccc1P(c1ccccc1)c1ccccc1OCOC. The second kappa shape index (κ2) is 10.1. The molecule has 3 aromatic carbocycles. The molecule has 5 heteroatoms. The Bertz CT molecular complexity index is 787. The first-order chi connectivity index (χ1) is 13.3. The van der Waals surface area contributed by atoms with Crippen LogP contribution in [0.3, 0.4) is 0 Å². The zero-order valence-electron chi connectivity index (χ0n) is 15.5. The standard InChI is InChI=1S/C22H23O4P/c1-23-16-25-19-12-6-8-14-21(19)27(18-10-4-3-5-11-18)22-15-9-7-13-20(22)26-17-24-2/h3-15H,16-17H2,1-2H3. The molecule has 0 radical (unpaired) electrons. The van der Waals surface area contributed by atoms with E-state index in [1.165, 1.54) is 5.30 Å². The van der Waals surface area contributed by atoms with E-state index in [0.29, 0.717) is 0 Å². The highest BCUT2D eigenvalue weighted by molar-refractivity contribution is 7.80. The Morgan fingerprint density at radius 1 is 0.593 bits per heavy atom. The van der Waals surface area contributed by atoms with Gasteiger partial charge in [0, 0.05) is 24.8 Å². The summed E-state index contributed by atoms with van der Waals surface area (Å²) in [6, 6.07) is 26.6. The Balaban J connectivity index is 2.12. The molecule has 0 spiro atoms. The van der Waals surface area contributed by atoms with Crippen LogP contribution in [0.25, 0.3) is 0 Å². The van der Waals surface area contributed by atoms with Crippen molar-refractivity contribution in [2.24, 2.45) is 0 Å². The summed E-state index contributed by atoms with van der Waals surface area (Å²) in [4.78, 5) is 0. The molecule has 0 aromatic heterocycles. The molecule has 0 atom stereocenters. The van der Waals surface area contributed by atoms with Crippen LogP contribution in [0.1, 0.15) is 0 Å². The summed E-state index contributed by atoms with van der Waals surface area (Å²) in [6.07, 6.45) is 0. The summed E-state index contributed by atoms with van der Waals surface area (Å²) in [5.74, 6) is 1.63. The molecule has 0 saturated carbocycles. The van der Waals surface area contributed by atoms with Crippen LogP contribution in [-0.4, -0.2) is 27.8 Å². The topological polar surface area (TPSA) is 36.9 Å². The maximum Gasteiger partial charge on any atom is 0.188 e. The van der Waals surface area contributed by atoms with Gasteiger partial charge in [-0.05, 0) is 25.4 Å². The van der Waals surface area contributed by atoms with Crippen LogP contribution in [0.4, 0.5) is 0 Å². The third-order valence-corrected chi connectivity index (χ3v) is 6.41. The molecule has 27 heavy (non-hydrogen) atoms. The fraction of sp³-hybridized carbons (Fsp3) is 0.182. The van der Waals surface area contributed by atoms with E-state index in [2.05, 4.69) is 36.4 Å². The van der Waals surface area contributed by atoms with E-state index in [-0.39, 0.29) is 13.6 Å². The molecule has 0 N–H and O–H groups in total. The molecule has 3 rings (SSSR count). The van der Waals surface area contributed by atoms with E-state index in [1.54, 1.807) is 14.2 Å². The first-order valence-corrected chi connectivity index (χ1v) is 9.96. The molecule has 0 saturated heterocycles. The summed E-state index contributed by atoms with van der Waals surface area (Å²) >= 11 is 0. The van der Waals surface area contributed by atoms with E-state index < -0.39 is 7.92 Å². The van der Waals surface area contributed by atoms with Crippen LogP contribution < -0.4 is 25.4 Å². The second-order valence-corrected chi connectivity index (χ2v) is 7.86. The first kappa shape index (κ1) is 19.4. The summed E-state index contributed by atoms with van der Waals surface area (Å²) in [7, 11) is 2.36. The van der Waals surface area contributed by atoms with E-state index in [4.69, 9.17) is 18.9 Å². The average Bonchev–Trinajstić information content (AvgIpc) is 2.73. The van der Waals surface area contributed by atoms with Gasteiger partial charge in [-0.25, -0.2) is 0 Å². The van der Waals surface area contributed by atoms with E-state index >= 15 is 0 Å². The summed E-state index contributed by atoms with van der Waals surface area (Å²) in [5.41, 5.74) is 0. The molecule has 0 fully saturated rings. The van der Waals surface area contributed by atoms with Crippen molar-refractivity contribution in [1.29, 1.82) is 0 Å². The van der Waals surface area contributed by atoms with E-state index in [0.717, 1.165) is 22.1 Å². The predicted molar refractivity (Wildman–Crippen MR) is 110 cm³/mol. The molecule has 0 aliphatic heterocycles. The van der Waals surface area contributed by atoms with Gasteiger partial charge in [-0.1, -0.05) is 66.7 Å². The maximum absolute atomic E-state index is 5.86. The maximum atomic E-state index is 5.86. The Hall–Kier alpha value is -2.39. The van der Waals surface area contributed by atoms with Gasteiger partial charge in [-0.2, -0.15) is 0 Å². The number of hydrogen-bond donors (Lipinski definition) is 0. The average molecular weight is 382 g/mol. The van der Waals surface area contributed by atoms with Crippen LogP contribution in [-0.2, 0) is 9.47 Å². The van der Waals surface area contributed by atoms with Crippen LogP contribution in [0.2, 0.25) is 0 Å². The van der Waals surface area contributed by atoms with Crippen LogP contribution in [0.15, 0.2) is 78.9 Å². The highest BCUT2D eigenvalue weighted by atomic mass is 31.1. The van der Waals surface area contributed by atoms with Gasteiger partial charge < -0.3 is 18.9 Å². The van der Waals surface area contributed by atoms with E-state index in [1.807, 2.05) is 42.5 Å². The molecule has 4 nitrogen and oxygen atoms in total. The van der Waals surface area contributed by atoms with Crippen molar-refractivity contribution < 1.29 is 18.9 Å². The van der Waals surface area contributed by atoms with Gasteiger partial charge in [0.15, 0.2) is 13.6 Å². The largest absolute Gasteiger partial charge is 0.467 e. The van der Waals surface area contributed by atoms with Crippen molar-refractivity contribution in [2.45, 2.75) is 0 Å². The number of benzene rings is 3. The zero-order valence-corrected chi connectivity index (χ0v) is 16.4. The molecule has 0 amide bonds. The number of hydrogen-bond acceptors (Lipinski definition) is 4. The minimum absolute atomic E-state index is 0.205. The Kier molecular flexibility index (Phi) is 7.23.